The van der Waals surface area contributed by atoms with Crippen LogP contribution >= 0.6 is 23.1 Å². The average Bonchev–Trinajstić information content (AvgIpc) is 3.15. The van der Waals surface area contributed by atoms with Gasteiger partial charge in [-0.3, -0.25) is 14.2 Å². The van der Waals surface area contributed by atoms with Crippen LogP contribution in [-0.2, 0) is 17.8 Å². The number of ether oxygens (including phenoxy) is 1. The first-order valence-electron chi connectivity index (χ1n) is 11.3. The van der Waals surface area contributed by atoms with E-state index in [4.69, 9.17) is 9.72 Å². The lowest BCUT2D eigenvalue weighted by Crippen LogP contribution is -2.33. The molecular weight excluding hydrogens is 440 g/mol. The summed E-state index contributed by atoms with van der Waals surface area (Å²) >= 11 is 2.96. The van der Waals surface area contributed by atoms with Crippen LogP contribution in [0.5, 0.6) is 0 Å². The third kappa shape index (κ3) is 4.18. The zero-order valence-electron chi connectivity index (χ0n) is 18.6. The van der Waals surface area contributed by atoms with Crippen LogP contribution in [0.2, 0.25) is 0 Å². The molecule has 0 atom stereocenters. The Morgan fingerprint density at radius 1 is 1.22 bits per heavy atom. The number of ketones is 1. The number of nitrogens with zero attached hydrogens (tertiary/aromatic N) is 2. The molecule has 1 fully saturated rings. The number of thioether (sulfide) groups is 1. The first-order chi connectivity index (χ1) is 15.4. The maximum Gasteiger partial charge on any atom is 0.263 e. The molecule has 3 heterocycles. The molecule has 0 unspecified atom stereocenters. The Balaban J connectivity index is 1.56. The van der Waals surface area contributed by atoms with E-state index >= 15 is 0 Å². The van der Waals surface area contributed by atoms with Crippen molar-refractivity contribution in [3.05, 3.63) is 56.7 Å². The minimum atomic E-state index is -0.279. The Labute approximate surface area is 196 Å². The van der Waals surface area contributed by atoms with Gasteiger partial charge in [-0.1, -0.05) is 61.4 Å². The number of thiophene rings is 1. The fourth-order valence-electron chi connectivity index (χ4n) is 4.79. The maximum atomic E-state index is 13.9. The molecule has 0 radical (unpaired) electrons. The Bertz CT molecular complexity index is 1210. The lowest BCUT2D eigenvalue weighted by atomic mass is 9.93. The van der Waals surface area contributed by atoms with Gasteiger partial charge in [-0.05, 0) is 32.3 Å². The van der Waals surface area contributed by atoms with E-state index in [1.54, 1.807) is 11.3 Å². The lowest BCUT2D eigenvalue weighted by molar-refractivity contribution is -0.0379. The second-order valence-corrected chi connectivity index (χ2v) is 11.4. The number of rotatable bonds is 5. The number of benzene rings is 1. The highest BCUT2D eigenvalue weighted by Crippen LogP contribution is 2.39. The van der Waals surface area contributed by atoms with Crippen LogP contribution in [-0.4, -0.2) is 26.7 Å². The van der Waals surface area contributed by atoms with Gasteiger partial charge in [0.15, 0.2) is 10.9 Å². The van der Waals surface area contributed by atoms with Crippen LogP contribution < -0.4 is 5.56 Å². The van der Waals surface area contributed by atoms with Gasteiger partial charge in [0.05, 0.1) is 23.3 Å². The summed E-state index contributed by atoms with van der Waals surface area (Å²) in [6.45, 7) is 4.68. The van der Waals surface area contributed by atoms with Crippen molar-refractivity contribution in [2.75, 3.05) is 5.75 Å². The Kier molecular flexibility index (Phi) is 5.99. The summed E-state index contributed by atoms with van der Waals surface area (Å²) in [7, 11) is 0. The van der Waals surface area contributed by atoms with Gasteiger partial charge in [0, 0.05) is 22.9 Å². The first-order valence-corrected chi connectivity index (χ1v) is 13.1. The van der Waals surface area contributed by atoms with Crippen molar-refractivity contribution in [3.8, 4) is 0 Å². The van der Waals surface area contributed by atoms with Crippen LogP contribution in [0.3, 0.4) is 0 Å². The van der Waals surface area contributed by atoms with E-state index < -0.39 is 0 Å². The third-order valence-electron chi connectivity index (χ3n) is 6.47. The van der Waals surface area contributed by atoms with Crippen molar-refractivity contribution < 1.29 is 9.53 Å². The molecule has 0 spiro atoms. The predicted octanol–water partition coefficient (Wildman–Crippen LogP) is 5.79. The van der Waals surface area contributed by atoms with Crippen molar-refractivity contribution in [1.82, 2.24) is 9.55 Å². The van der Waals surface area contributed by atoms with E-state index in [0.717, 1.165) is 52.8 Å². The molecule has 0 N–H and O–H groups in total. The summed E-state index contributed by atoms with van der Waals surface area (Å²) in [6, 6.07) is 9.49. The summed E-state index contributed by atoms with van der Waals surface area (Å²) in [5.74, 6) is 0.330. The van der Waals surface area contributed by atoms with Crippen molar-refractivity contribution in [1.29, 1.82) is 0 Å². The number of hydrogen-bond acceptors (Lipinski definition) is 6. The molecule has 5 rings (SSSR count). The van der Waals surface area contributed by atoms with Crippen molar-refractivity contribution >= 4 is 39.1 Å². The zero-order valence-corrected chi connectivity index (χ0v) is 20.2. The molecule has 2 aliphatic rings. The van der Waals surface area contributed by atoms with E-state index in [1.807, 2.05) is 34.9 Å². The van der Waals surface area contributed by atoms with E-state index in [1.165, 1.54) is 18.2 Å². The Morgan fingerprint density at radius 3 is 2.72 bits per heavy atom. The van der Waals surface area contributed by atoms with Crippen LogP contribution in [0, 0.1) is 0 Å². The number of aromatic nitrogens is 2. The van der Waals surface area contributed by atoms with Gasteiger partial charge in [-0.25, -0.2) is 4.98 Å². The molecule has 1 aliphatic carbocycles. The first kappa shape index (κ1) is 21.9. The van der Waals surface area contributed by atoms with Crippen molar-refractivity contribution in [2.24, 2.45) is 0 Å². The molecule has 1 aliphatic heterocycles. The fraction of sp³-hybridized carbons (Fsp3) is 0.480. The fourth-order valence-corrected chi connectivity index (χ4v) is 6.89. The van der Waals surface area contributed by atoms with Crippen LogP contribution in [0.1, 0.15) is 72.8 Å². The van der Waals surface area contributed by atoms with Crippen LogP contribution in [0.15, 0.2) is 40.3 Å². The van der Waals surface area contributed by atoms with Crippen LogP contribution in [0.25, 0.3) is 10.2 Å². The Morgan fingerprint density at radius 2 is 1.97 bits per heavy atom. The second kappa shape index (κ2) is 8.76. The molecule has 7 heteroatoms. The quantitative estimate of drug-likeness (QED) is 0.269. The zero-order chi connectivity index (χ0) is 22.3. The van der Waals surface area contributed by atoms with E-state index in [2.05, 4.69) is 13.8 Å². The smallest absolute Gasteiger partial charge is 0.263 e. The summed E-state index contributed by atoms with van der Waals surface area (Å²) in [5.41, 5.74) is 1.59. The molecular formula is C25H28N2O3S2. The number of hydrogen-bond donors (Lipinski definition) is 0. The standard InChI is InChI=1S/C25H28N2O3S2/c1-25(2)13-18-20(14-30-25)32-22-21(18)23(29)27(17-11-7-4-8-12-17)24(26-22)31-15-19(28)16-9-5-3-6-10-16/h3,5-6,9-10,17H,4,7-8,11-15H2,1-2H3. The monoisotopic (exact) mass is 468 g/mol. The van der Waals surface area contributed by atoms with E-state index in [-0.39, 0.29) is 28.7 Å². The highest BCUT2D eigenvalue weighted by molar-refractivity contribution is 7.99. The number of Topliss-reactive ketones (excluding diaryl/α,β-unsaturated/α-hetero) is 1. The number of fused-ring (bicyclic) bond motifs is 3. The molecule has 0 amide bonds. The highest BCUT2D eigenvalue weighted by atomic mass is 32.2. The molecule has 3 aromatic rings. The minimum absolute atomic E-state index is 0.0563. The van der Waals surface area contributed by atoms with E-state index in [0.29, 0.717) is 17.3 Å². The maximum absolute atomic E-state index is 13.9. The van der Waals surface area contributed by atoms with Gasteiger partial charge in [-0.15, -0.1) is 11.3 Å². The SMILES string of the molecule is CC1(C)Cc2c(sc3nc(SCC(=O)c4ccccc4)n(C4CCCCC4)c(=O)c23)CO1. The summed E-state index contributed by atoms with van der Waals surface area (Å²) in [5, 5.41) is 1.45. The van der Waals surface area contributed by atoms with Crippen molar-refractivity contribution in [2.45, 2.75) is 75.8 Å². The molecule has 1 saturated carbocycles. The highest BCUT2D eigenvalue weighted by Gasteiger charge is 2.32. The molecule has 32 heavy (non-hydrogen) atoms. The van der Waals surface area contributed by atoms with Crippen molar-refractivity contribution in [3.63, 3.8) is 0 Å². The topological polar surface area (TPSA) is 61.2 Å². The summed E-state index contributed by atoms with van der Waals surface area (Å²) in [4.78, 5) is 33.5. The average molecular weight is 469 g/mol. The van der Waals surface area contributed by atoms with Gasteiger partial charge in [0.2, 0.25) is 0 Å². The van der Waals surface area contributed by atoms with Gasteiger partial charge < -0.3 is 4.74 Å². The van der Waals surface area contributed by atoms with Gasteiger partial charge in [0.1, 0.15) is 4.83 Å². The number of carbonyl (C=O) groups is 1. The number of carbonyl (C=O) groups excluding carboxylic acids is 1. The van der Waals surface area contributed by atoms with E-state index in [9.17, 15) is 9.59 Å². The molecule has 168 valence electrons. The molecule has 2 aromatic heterocycles. The van der Waals surface area contributed by atoms with Gasteiger partial charge in [0.25, 0.3) is 5.56 Å². The Hall–Kier alpha value is -1.96. The minimum Gasteiger partial charge on any atom is -0.370 e. The third-order valence-corrected chi connectivity index (χ3v) is 8.52. The largest absolute Gasteiger partial charge is 0.370 e. The lowest BCUT2D eigenvalue weighted by Gasteiger charge is -2.30. The van der Waals surface area contributed by atoms with Gasteiger partial charge in [-0.2, -0.15) is 0 Å². The molecule has 1 aromatic carbocycles. The van der Waals surface area contributed by atoms with Gasteiger partial charge >= 0.3 is 0 Å². The second-order valence-electron chi connectivity index (χ2n) is 9.35. The van der Waals surface area contributed by atoms with Crippen LogP contribution in [0.4, 0.5) is 0 Å². The normalized spacial score (nSPS) is 18.6. The molecule has 0 bridgehead atoms. The summed E-state index contributed by atoms with van der Waals surface area (Å²) < 4.78 is 7.91. The predicted molar refractivity (Wildman–Crippen MR) is 130 cm³/mol. The molecule has 0 saturated heterocycles. The molecule has 5 nitrogen and oxygen atoms in total. The summed E-state index contributed by atoms with van der Waals surface area (Å²) in [6.07, 6.45) is 6.19.